The highest BCUT2D eigenvalue weighted by molar-refractivity contribution is 5.93. The topological polar surface area (TPSA) is 288 Å². The smallest absolute Gasteiger partial charge is 0.243 e. The molecular weight excluding hydrogens is 1010 g/mol. The Labute approximate surface area is 474 Å². The van der Waals surface area contributed by atoms with E-state index in [0.717, 1.165) is 109 Å². The second-order valence-electron chi connectivity index (χ2n) is 22.4. The highest BCUT2D eigenvalue weighted by Gasteiger charge is 2.37. The van der Waals surface area contributed by atoms with Crippen molar-refractivity contribution in [3.63, 3.8) is 0 Å². The number of rotatable bonds is 43. The minimum Gasteiger partial charge on any atom is -0.354 e. The zero-order chi connectivity index (χ0) is 57.6. The van der Waals surface area contributed by atoms with Crippen LogP contribution in [0.4, 0.5) is 0 Å². The Hall–Kier alpha value is -4.85. The average Bonchev–Trinajstić information content (AvgIpc) is 4.26. The molecule has 0 aromatic carbocycles. The molecular formula is C59H107N11O9. The summed E-state index contributed by atoms with van der Waals surface area (Å²) in [6.45, 7) is 9.53. The molecule has 20 heteroatoms. The summed E-state index contributed by atoms with van der Waals surface area (Å²) in [5.41, 5.74) is 12.0. The van der Waals surface area contributed by atoms with Crippen LogP contribution in [0.3, 0.4) is 0 Å². The first-order valence-electron chi connectivity index (χ1n) is 31.3. The van der Waals surface area contributed by atoms with Crippen molar-refractivity contribution in [3.05, 3.63) is 0 Å². The molecule has 6 atom stereocenters. The van der Waals surface area contributed by atoms with E-state index in [1.807, 2.05) is 0 Å². The summed E-state index contributed by atoms with van der Waals surface area (Å²) in [6, 6.07) is -4.28. The Balaban J connectivity index is 1.50. The van der Waals surface area contributed by atoms with Gasteiger partial charge in [0.15, 0.2) is 0 Å². The van der Waals surface area contributed by atoms with Crippen molar-refractivity contribution in [3.8, 4) is 0 Å². The number of likely N-dealkylation sites (tertiary alicyclic amines) is 3. The molecule has 20 nitrogen and oxygen atoms in total. The first kappa shape index (κ1) is 68.4. The van der Waals surface area contributed by atoms with Gasteiger partial charge in [0.05, 0.1) is 6.04 Å². The van der Waals surface area contributed by atoms with Crippen LogP contribution < -0.4 is 43.4 Å². The van der Waals surface area contributed by atoms with Crippen molar-refractivity contribution in [2.24, 2.45) is 11.5 Å². The summed E-state index contributed by atoms with van der Waals surface area (Å²) in [6.07, 6.45) is 24.9. The highest BCUT2D eigenvalue weighted by atomic mass is 16.2. The van der Waals surface area contributed by atoms with Gasteiger partial charge in [-0.15, -0.1) is 0 Å². The van der Waals surface area contributed by atoms with Crippen molar-refractivity contribution in [1.29, 1.82) is 0 Å². The summed E-state index contributed by atoms with van der Waals surface area (Å²) in [5, 5.41) is 17.4. The van der Waals surface area contributed by atoms with E-state index in [1.165, 1.54) is 0 Å². The van der Waals surface area contributed by atoms with E-state index in [4.69, 9.17) is 11.5 Å². The quantitative estimate of drug-likeness (QED) is 0.0364. The van der Waals surface area contributed by atoms with Gasteiger partial charge < -0.3 is 58.1 Å². The lowest BCUT2D eigenvalue weighted by Gasteiger charge is -2.27. The van der Waals surface area contributed by atoms with Crippen molar-refractivity contribution in [2.45, 2.75) is 269 Å². The minimum absolute atomic E-state index is 0.0297. The van der Waals surface area contributed by atoms with Gasteiger partial charge in [-0.3, -0.25) is 43.2 Å². The van der Waals surface area contributed by atoms with E-state index in [0.29, 0.717) is 129 Å². The minimum atomic E-state index is -0.898. The van der Waals surface area contributed by atoms with E-state index in [2.05, 4.69) is 52.7 Å². The molecule has 3 aliphatic heterocycles. The monoisotopic (exact) mass is 1110 g/mol. The standard InChI is InChI=1S/C59H107N11O9/c1-4-7-10-13-16-34-51(71)68-42-25-31-48(68)57(77)63-39-22-19-28-45(61)54(74)66-46(56(76)65-41-37-60)29-20-23-38-62-55(75)47(67-59(79)50-33-27-44-70(50)53(73)36-18-15-12-9-6-3)30-21-24-40-64-58(78)49-32-26-43-69(49)52(72)35-17-14-11-8-5-2/h45-50H,4-44,60-61H2,1-3H3,(H,62,75)(H,63,77)(H,64,78)(H,65,76)(H,66,74)(H,67,79). The summed E-state index contributed by atoms with van der Waals surface area (Å²) >= 11 is 0. The lowest BCUT2D eigenvalue weighted by molar-refractivity contribution is -0.139. The van der Waals surface area contributed by atoms with Gasteiger partial charge in [0.25, 0.3) is 0 Å². The molecule has 0 saturated carbocycles. The Bertz CT molecular complexity index is 1840. The molecule has 3 heterocycles. The Kier molecular flexibility index (Phi) is 35.7. The zero-order valence-corrected chi connectivity index (χ0v) is 49.1. The number of nitrogens with zero attached hydrogens (tertiary/aromatic N) is 3. The van der Waals surface area contributed by atoms with Crippen LogP contribution in [0.15, 0.2) is 0 Å². The van der Waals surface area contributed by atoms with Gasteiger partial charge in [-0.25, -0.2) is 0 Å². The van der Waals surface area contributed by atoms with Crippen LogP contribution in [0, 0.1) is 0 Å². The van der Waals surface area contributed by atoms with Gasteiger partial charge in [0.1, 0.15) is 30.2 Å². The van der Waals surface area contributed by atoms with Gasteiger partial charge in [0.2, 0.25) is 53.2 Å². The van der Waals surface area contributed by atoms with Crippen molar-refractivity contribution < 1.29 is 43.2 Å². The second kappa shape index (κ2) is 41.2. The van der Waals surface area contributed by atoms with Gasteiger partial charge in [0, 0.05) is 71.6 Å². The Morgan fingerprint density at radius 2 is 0.759 bits per heavy atom. The molecule has 0 bridgehead atoms. The maximum Gasteiger partial charge on any atom is 0.243 e. The highest BCUT2D eigenvalue weighted by Crippen LogP contribution is 2.23. The molecule has 452 valence electrons. The SMILES string of the molecule is CCCCCCCC(=O)N1CCCC1C(=O)NCCCCC(N)C(=O)NC(CCCCNC(=O)C(CCCCNC(=O)C1CCCN1C(=O)CCCCCCC)NC(=O)C1CCCN1C(=O)CCCCCCC)C(=O)NCCN. The molecule has 3 rings (SSSR count). The Morgan fingerprint density at radius 3 is 1.16 bits per heavy atom. The summed E-state index contributed by atoms with van der Waals surface area (Å²) in [5.74, 6) is -1.92. The third-order valence-electron chi connectivity index (χ3n) is 15.8. The molecule has 3 aliphatic rings. The molecule has 3 fully saturated rings. The first-order valence-corrected chi connectivity index (χ1v) is 31.3. The number of hydrogen-bond donors (Lipinski definition) is 8. The van der Waals surface area contributed by atoms with Crippen LogP contribution in [0.2, 0.25) is 0 Å². The number of carbonyl (C=O) groups excluding carboxylic acids is 9. The fraction of sp³-hybridized carbons (Fsp3) is 0.847. The van der Waals surface area contributed by atoms with E-state index < -0.39 is 48.1 Å². The maximum absolute atomic E-state index is 13.9. The van der Waals surface area contributed by atoms with Crippen molar-refractivity contribution in [2.75, 3.05) is 52.4 Å². The van der Waals surface area contributed by atoms with Crippen LogP contribution >= 0.6 is 0 Å². The largest absolute Gasteiger partial charge is 0.354 e. The van der Waals surface area contributed by atoms with Crippen LogP contribution in [-0.2, 0) is 43.2 Å². The number of hydrogen-bond acceptors (Lipinski definition) is 11. The molecule has 79 heavy (non-hydrogen) atoms. The number of carbonyl (C=O) groups is 9. The van der Waals surface area contributed by atoms with Crippen LogP contribution in [-0.4, -0.2) is 156 Å². The summed E-state index contributed by atoms with van der Waals surface area (Å²) in [4.78, 5) is 125. The molecule has 3 saturated heterocycles. The van der Waals surface area contributed by atoms with Gasteiger partial charge >= 0.3 is 0 Å². The van der Waals surface area contributed by atoms with Crippen molar-refractivity contribution >= 4 is 53.2 Å². The fourth-order valence-electron chi connectivity index (χ4n) is 11.0. The van der Waals surface area contributed by atoms with Gasteiger partial charge in [-0.1, -0.05) is 97.8 Å². The van der Waals surface area contributed by atoms with Crippen molar-refractivity contribution in [1.82, 2.24) is 46.6 Å². The predicted molar refractivity (Wildman–Crippen MR) is 309 cm³/mol. The summed E-state index contributed by atoms with van der Waals surface area (Å²) in [7, 11) is 0. The van der Waals surface area contributed by atoms with E-state index in [-0.39, 0.29) is 67.4 Å². The Morgan fingerprint density at radius 1 is 0.405 bits per heavy atom. The third kappa shape index (κ3) is 26.5. The number of nitrogens with two attached hydrogens (primary N) is 2. The van der Waals surface area contributed by atoms with Crippen LogP contribution in [0.5, 0.6) is 0 Å². The number of amides is 9. The molecule has 0 aromatic rings. The normalized spacial score (nSPS) is 18.2. The molecule has 0 radical (unpaired) electrons. The maximum atomic E-state index is 13.9. The second-order valence-corrected chi connectivity index (χ2v) is 22.4. The van der Waals surface area contributed by atoms with E-state index in [9.17, 15) is 43.2 Å². The molecule has 10 N–H and O–H groups in total. The van der Waals surface area contributed by atoms with E-state index in [1.54, 1.807) is 14.7 Å². The lowest BCUT2D eigenvalue weighted by Crippen LogP contribution is -2.53. The van der Waals surface area contributed by atoms with E-state index >= 15 is 0 Å². The van der Waals surface area contributed by atoms with Crippen LogP contribution in [0.25, 0.3) is 0 Å². The third-order valence-corrected chi connectivity index (χ3v) is 15.8. The summed E-state index contributed by atoms with van der Waals surface area (Å²) < 4.78 is 0. The molecule has 6 unspecified atom stereocenters. The predicted octanol–water partition coefficient (Wildman–Crippen LogP) is 5.27. The molecule has 0 aliphatic carbocycles. The van der Waals surface area contributed by atoms with Gasteiger partial charge in [-0.2, -0.15) is 0 Å². The number of unbranched alkanes of at least 4 members (excludes halogenated alkanes) is 15. The lowest BCUT2D eigenvalue weighted by atomic mass is 10.1. The first-order chi connectivity index (χ1) is 38.3. The fourth-order valence-corrected chi connectivity index (χ4v) is 11.0. The average molecular weight is 1110 g/mol. The van der Waals surface area contributed by atoms with Gasteiger partial charge in [-0.05, 0) is 116 Å². The molecule has 0 spiro atoms. The number of nitrogens with one attached hydrogen (secondary N) is 6. The van der Waals surface area contributed by atoms with Crippen LogP contribution in [0.1, 0.15) is 233 Å². The zero-order valence-electron chi connectivity index (χ0n) is 49.1. The molecule has 9 amide bonds. The molecule has 0 aromatic heterocycles.